The van der Waals surface area contributed by atoms with Gasteiger partial charge in [0.2, 0.25) is 5.91 Å². The van der Waals surface area contributed by atoms with Gasteiger partial charge in [-0.2, -0.15) is 0 Å². The largest absolute Gasteiger partial charge is 0.497 e. The molecule has 0 saturated carbocycles. The van der Waals surface area contributed by atoms with Gasteiger partial charge in [0.25, 0.3) is 0 Å². The van der Waals surface area contributed by atoms with Gasteiger partial charge in [-0.3, -0.25) is 14.4 Å². The molecule has 1 aliphatic rings. The molecule has 2 aromatic rings. The quantitative estimate of drug-likeness (QED) is 0.774. The fourth-order valence-corrected chi connectivity index (χ4v) is 3.10. The van der Waals surface area contributed by atoms with E-state index in [-0.39, 0.29) is 12.5 Å². The van der Waals surface area contributed by atoms with Crippen LogP contribution in [0.1, 0.15) is 11.1 Å². The second-order valence-corrected chi connectivity index (χ2v) is 6.72. The van der Waals surface area contributed by atoms with Gasteiger partial charge in [0.05, 0.1) is 7.11 Å². The molecule has 1 aliphatic heterocycles. The van der Waals surface area contributed by atoms with Crippen LogP contribution >= 0.6 is 0 Å². The average molecular weight is 381 g/mol. The highest BCUT2D eigenvalue weighted by Gasteiger charge is 2.33. The Morgan fingerprint density at radius 3 is 2.39 bits per heavy atom. The normalized spacial score (nSPS) is 14.2. The van der Waals surface area contributed by atoms with E-state index in [1.807, 2.05) is 31.2 Å². The monoisotopic (exact) mass is 381 g/mol. The first-order valence-electron chi connectivity index (χ1n) is 9.04. The van der Waals surface area contributed by atoms with E-state index < -0.39 is 11.8 Å². The third kappa shape index (κ3) is 4.68. The number of carbonyl (C=O) groups is 3. The Kier molecular flexibility index (Phi) is 5.93. The van der Waals surface area contributed by atoms with Gasteiger partial charge in [-0.25, -0.2) is 0 Å². The van der Waals surface area contributed by atoms with E-state index in [0.717, 1.165) is 11.1 Å². The molecule has 0 aliphatic carbocycles. The Bertz CT molecular complexity index is 879. The lowest BCUT2D eigenvalue weighted by Crippen LogP contribution is -2.55. The van der Waals surface area contributed by atoms with Gasteiger partial charge in [0.15, 0.2) is 0 Å². The molecule has 0 bridgehead atoms. The number of carbonyl (C=O) groups excluding carboxylic acids is 3. The molecule has 7 nitrogen and oxygen atoms in total. The molecule has 0 atom stereocenters. The number of rotatable bonds is 6. The fourth-order valence-electron chi connectivity index (χ4n) is 3.10. The number of hydrogen-bond donors (Lipinski definition) is 1. The molecule has 1 saturated heterocycles. The van der Waals surface area contributed by atoms with E-state index in [1.165, 1.54) is 9.80 Å². The fraction of sp³-hybridized carbons (Fsp3) is 0.286. The van der Waals surface area contributed by atoms with Gasteiger partial charge in [-0.05, 0) is 36.8 Å². The summed E-state index contributed by atoms with van der Waals surface area (Å²) in [6.45, 7) is 2.93. The topological polar surface area (TPSA) is 79.0 Å². The van der Waals surface area contributed by atoms with Crippen molar-refractivity contribution in [2.45, 2.75) is 13.5 Å². The molecule has 7 heteroatoms. The summed E-state index contributed by atoms with van der Waals surface area (Å²) in [5.41, 5.74) is 2.68. The molecule has 3 rings (SSSR count). The van der Waals surface area contributed by atoms with Gasteiger partial charge in [-0.15, -0.1) is 0 Å². The zero-order valence-corrected chi connectivity index (χ0v) is 16.0. The second-order valence-electron chi connectivity index (χ2n) is 6.72. The maximum Gasteiger partial charge on any atom is 0.312 e. The van der Waals surface area contributed by atoms with Crippen LogP contribution in [0.25, 0.3) is 0 Å². The Hall–Kier alpha value is -3.35. The van der Waals surface area contributed by atoms with Crippen molar-refractivity contribution >= 4 is 23.4 Å². The van der Waals surface area contributed by atoms with E-state index in [9.17, 15) is 14.4 Å². The van der Waals surface area contributed by atoms with Crippen LogP contribution in [0, 0.1) is 6.92 Å². The minimum absolute atomic E-state index is 0.158. The third-order valence-electron chi connectivity index (χ3n) is 4.56. The number of anilines is 1. The second kappa shape index (κ2) is 8.56. The summed E-state index contributed by atoms with van der Waals surface area (Å²) >= 11 is 0. The Balaban J connectivity index is 1.55. The number of amides is 3. The number of nitrogens with one attached hydrogen (secondary N) is 1. The molecule has 0 radical (unpaired) electrons. The van der Waals surface area contributed by atoms with Gasteiger partial charge in [0, 0.05) is 25.3 Å². The Morgan fingerprint density at radius 2 is 1.71 bits per heavy atom. The number of piperazine rings is 1. The molecule has 3 amide bonds. The summed E-state index contributed by atoms with van der Waals surface area (Å²) in [7, 11) is 1.56. The summed E-state index contributed by atoms with van der Waals surface area (Å²) in [4.78, 5) is 39.9. The first kappa shape index (κ1) is 19.4. The van der Waals surface area contributed by atoms with Crippen LogP contribution in [-0.4, -0.2) is 54.3 Å². The number of benzene rings is 2. The lowest BCUT2D eigenvalue weighted by molar-refractivity contribution is -0.157. The molecule has 2 aromatic carbocycles. The summed E-state index contributed by atoms with van der Waals surface area (Å²) in [6, 6.07) is 14.7. The van der Waals surface area contributed by atoms with Crippen molar-refractivity contribution in [2.75, 3.05) is 32.1 Å². The van der Waals surface area contributed by atoms with Crippen LogP contribution in [0.3, 0.4) is 0 Å². The van der Waals surface area contributed by atoms with Crippen LogP contribution in [0.2, 0.25) is 0 Å². The molecular formula is C21H23N3O4. The van der Waals surface area contributed by atoms with Crippen molar-refractivity contribution in [2.24, 2.45) is 0 Å². The van der Waals surface area contributed by atoms with Crippen LogP contribution in [0.5, 0.6) is 5.75 Å². The van der Waals surface area contributed by atoms with Crippen molar-refractivity contribution in [3.8, 4) is 5.75 Å². The highest BCUT2D eigenvalue weighted by atomic mass is 16.5. The van der Waals surface area contributed by atoms with Crippen molar-refractivity contribution in [3.05, 3.63) is 59.7 Å². The van der Waals surface area contributed by atoms with E-state index in [4.69, 9.17) is 4.74 Å². The maximum absolute atomic E-state index is 12.4. The van der Waals surface area contributed by atoms with Gasteiger partial charge in [0.1, 0.15) is 12.3 Å². The zero-order chi connectivity index (χ0) is 20.1. The molecule has 0 unspecified atom stereocenters. The molecular weight excluding hydrogens is 358 g/mol. The summed E-state index contributed by atoms with van der Waals surface area (Å²) in [5.74, 6) is -0.893. The van der Waals surface area contributed by atoms with Gasteiger partial charge in [-0.1, -0.05) is 29.8 Å². The van der Waals surface area contributed by atoms with Crippen LogP contribution in [0.4, 0.5) is 5.69 Å². The lowest BCUT2D eigenvalue weighted by Gasteiger charge is -2.33. The van der Waals surface area contributed by atoms with E-state index in [1.54, 1.807) is 31.4 Å². The number of aryl methyl sites for hydroxylation is 1. The van der Waals surface area contributed by atoms with Gasteiger partial charge < -0.3 is 19.9 Å². The molecule has 28 heavy (non-hydrogen) atoms. The average Bonchev–Trinajstić information content (AvgIpc) is 2.68. The molecule has 1 heterocycles. The minimum atomic E-state index is -0.649. The summed E-state index contributed by atoms with van der Waals surface area (Å²) < 4.78 is 5.07. The van der Waals surface area contributed by atoms with E-state index in [0.29, 0.717) is 31.1 Å². The third-order valence-corrected chi connectivity index (χ3v) is 4.56. The van der Waals surface area contributed by atoms with Crippen LogP contribution in [-0.2, 0) is 20.9 Å². The molecule has 1 N–H and O–H groups in total. The number of hydrogen-bond acceptors (Lipinski definition) is 4. The SMILES string of the molecule is COc1ccc(NC(=O)CN2CCN(Cc3cccc(C)c3)C(=O)C2=O)cc1. The number of methoxy groups -OCH3 is 1. The maximum atomic E-state index is 12.4. The smallest absolute Gasteiger partial charge is 0.312 e. The Morgan fingerprint density at radius 1 is 1.04 bits per heavy atom. The van der Waals surface area contributed by atoms with Crippen molar-refractivity contribution < 1.29 is 19.1 Å². The summed E-state index contributed by atoms with van der Waals surface area (Å²) in [5, 5.41) is 2.72. The Labute approximate surface area is 163 Å². The molecule has 1 fully saturated rings. The van der Waals surface area contributed by atoms with Crippen LogP contribution < -0.4 is 10.1 Å². The lowest BCUT2D eigenvalue weighted by atomic mass is 10.1. The highest BCUT2D eigenvalue weighted by molar-refractivity contribution is 6.35. The number of ether oxygens (including phenoxy) is 1. The molecule has 0 spiro atoms. The van der Waals surface area contributed by atoms with Crippen molar-refractivity contribution in [1.82, 2.24) is 9.80 Å². The number of nitrogens with zero attached hydrogens (tertiary/aromatic N) is 2. The predicted molar refractivity (Wildman–Crippen MR) is 105 cm³/mol. The van der Waals surface area contributed by atoms with Gasteiger partial charge >= 0.3 is 11.8 Å². The zero-order valence-electron chi connectivity index (χ0n) is 16.0. The molecule has 146 valence electrons. The first-order valence-corrected chi connectivity index (χ1v) is 9.04. The highest BCUT2D eigenvalue weighted by Crippen LogP contribution is 2.16. The van der Waals surface area contributed by atoms with Crippen LogP contribution in [0.15, 0.2) is 48.5 Å². The first-order chi connectivity index (χ1) is 13.5. The van der Waals surface area contributed by atoms with Crippen molar-refractivity contribution in [1.29, 1.82) is 0 Å². The van der Waals surface area contributed by atoms with Crippen molar-refractivity contribution in [3.63, 3.8) is 0 Å². The predicted octanol–water partition coefficient (Wildman–Crippen LogP) is 1.81. The standard InChI is InChI=1S/C21H23N3O4/c1-15-4-3-5-16(12-15)13-23-10-11-24(21(27)20(23)26)14-19(25)22-17-6-8-18(28-2)9-7-17/h3-9,12H,10-11,13-14H2,1-2H3,(H,22,25). The molecule has 0 aromatic heterocycles. The minimum Gasteiger partial charge on any atom is -0.497 e. The van der Waals surface area contributed by atoms with E-state index in [2.05, 4.69) is 5.32 Å². The van der Waals surface area contributed by atoms with E-state index >= 15 is 0 Å². The summed E-state index contributed by atoms with van der Waals surface area (Å²) in [6.07, 6.45) is 0.